The number of furan rings is 1. The van der Waals surface area contributed by atoms with Crippen LogP contribution in [-0.4, -0.2) is 0 Å². The van der Waals surface area contributed by atoms with Crippen LogP contribution in [0, 0.1) is 0 Å². The average Bonchev–Trinajstić information content (AvgIpc) is 2.46. The largest absolute Gasteiger partial charge is 0.460 e. The van der Waals surface area contributed by atoms with Crippen molar-refractivity contribution in [3.63, 3.8) is 0 Å². The molecule has 1 aromatic carbocycles. The molecule has 62 valence electrons. The molecular weight excluding hydrogens is 192 g/mol. The standard InChI is InChI=1S/C9H7ClOS/c10-7-1-2-9-6(3-7)4-8(5-12)11-9/h1-4,12H,5H2. The molecule has 2 rings (SSSR count). The molecule has 0 saturated carbocycles. The molecular formula is C9H7ClOS. The van der Waals surface area contributed by atoms with Crippen molar-refractivity contribution in [2.24, 2.45) is 0 Å². The molecule has 2 aromatic rings. The predicted octanol–water partition coefficient (Wildman–Crippen LogP) is 3.52. The zero-order valence-corrected chi connectivity index (χ0v) is 7.90. The molecule has 0 spiro atoms. The molecule has 0 aliphatic rings. The molecule has 0 saturated heterocycles. The normalized spacial score (nSPS) is 10.8. The number of halogens is 1. The van der Waals surface area contributed by atoms with Crippen molar-refractivity contribution in [1.82, 2.24) is 0 Å². The quantitative estimate of drug-likeness (QED) is 0.692. The minimum Gasteiger partial charge on any atom is -0.460 e. The van der Waals surface area contributed by atoms with Gasteiger partial charge in [-0.05, 0) is 24.3 Å². The van der Waals surface area contributed by atoms with Crippen molar-refractivity contribution < 1.29 is 4.42 Å². The van der Waals surface area contributed by atoms with Crippen LogP contribution in [0.4, 0.5) is 0 Å². The number of hydrogen-bond donors (Lipinski definition) is 1. The van der Waals surface area contributed by atoms with Gasteiger partial charge in [0.2, 0.25) is 0 Å². The fourth-order valence-corrected chi connectivity index (χ4v) is 1.48. The first kappa shape index (κ1) is 8.02. The second-order valence-electron chi connectivity index (χ2n) is 2.55. The van der Waals surface area contributed by atoms with Gasteiger partial charge in [-0.15, -0.1) is 0 Å². The molecule has 0 radical (unpaired) electrons. The highest BCUT2D eigenvalue weighted by Gasteiger charge is 2.01. The lowest BCUT2D eigenvalue weighted by Gasteiger charge is -1.87. The Hall–Kier alpha value is -0.600. The van der Waals surface area contributed by atoms with Crippen molar-refractivity contribution in [2.75, 3.05) is 0 Å². The van der Waals surface area contributed by atoms with Crippen LogP contribution in [0.2, 0.25) is 5.02 Å². The Morgan fingerprint density at radius 3 is 2.92 bits per heavy atom. The van der Waals surface area contributed by atoms with E-state index >= 15 is 0 Å². The minimum atomic E-state index is 0.617. The maximum absolute atomic E-state index is 5.81. The molecule has 0 bridgehead atoms. The highest BCUT2D eigenvalue weighted by Crippen LogP contribution is 2.23. The van der Waals surface area contributed by atoms with E-state index in [1.807, 2.05) is 24.3 Å². The first-order valence-electron chi connectivity index (χ1n) is 3.58. The highest BCUT2D eigenvalue weighted by molar-refractivity contribution is 7.79. The van der Waals surface area contributed by atoms with Crippen LogP contribution in [0.5, 0.6) is 0 Å². The van der Waals surface area contributed by atoms with Crippen molar-refractivity contribution in [2.45, 2.75) is 5.75 Å². The van der Waals surface area contributed by atoms with E-state index in [0.717, 1.165) is 21.8 Å². The van der Waals surface area contributed by atoms with Gasteiger partial charge in [-0.25, -0.2) is 0 Å². The van der Waals surface area contributed by atoms with Crippen molar-refractivity contribution in [1.29, 1.82) is 0 Å². The zero-order chi connectivity index (χ0) is 8.55. The van der Waals surface area contributed by atoms with Crippen molar-refractivity contribution >= 4 is 35.2 Å². The summed E-state index contributed by atoms with van der Waals surface area (Å²) in [5.74, 6) is 1.49. The second-order valence-corrected chi connectivity index (χ2v) is 3.31. The number of rotatable bonds is 1. The molecule has 0 N–H and O–H groups in total. The van der Waals surface area contributed by atoms with Crippen molar-refractivity contribution in [3.05, 3.63) is 35.0 Å². The maximum Gasteiger partial charge on any atom is 0.134 e. The first-order chi connectivity index (χ1) is 5.79. The summed E-state index contributed by atoms with van der Waals surface area (Å²) in [6, 6.07) is 7.52. The summed E-state index contributed by atoms with van der Waals surface area (Å²) in [6.07, 6.45) is 0. The van der Waals surface area contributed by atoms with Gasteiger partial charge in [0.25, 0.3) is 0 Å². The molecule has 1 nitrogen and oxygen atoms in total. The van der Waals surface area contributed by atoms with Gasteiger partial charge in [0.15, 0.2) is 0 Å². The highest BCUT2D eigenvalue weighted by atomic mass is 35.5. The molecule has 0 aliphatic heterocycles. The molecule has 3 heteroatoms. The zero-order valence-electron chi connectivity index (χ0n) is 6.25. The smallest absolute Gasteiger partial charge is 0.134 e. The fraction of sp³-hybridized carbons (Fsp3) is 0.111. The van der Waals surface area contributed by atoms with Gasteiger partial charge >= 0.3 is 0 Å². The summed E-state index contributed by atoms with van der Waals surface area (Å²) < 4.78 is 5.44. The summed E-state index contributed by atoms with van der Waals surface area (Å²) in [5, 5.41) is 1.76. The Morgan fingerprint density at radius 1 is 1.33 bits per heavy atom. The Balaban J connectivity index is 2.67. The fourth-order valence-electron chi connectivity index (χ4n) is 1.15. The molecule has 12 heavy (non-hydrogen) atoms. The molecule has 1 aromatic heterocycles. The average molecular weight is 199 g/mol. The summed E-state index contributed by atoms with van der Waals surface area (Å²) >= 11 is 9.93. The van der Waals surface area contributed by atoms with Crippen LogP contribution >= 0.6 is 24.2 Å². The number of fused-ring (bicyclic) bond motifs is 1. The van der Waals surface area contributed by atoms with Gasteiger partial charge in [-0.1, -0.05) is 11.6 Å². The van der Waals surface area contributed by atoms with Crippen LogP contribution in [-0.2, 0) is 5.75 Å². The van der Waals surface area contributed by atoms with E-state index in [0.29, 0.717) is 5.75 Å². The Morgan fingerprint density at radius 2 is 2.17 bits per heavy atom. The topological polar surface area (TPSA) is 13.1 Å². The SMILES string of the molecule is SCc1cc2cc(Cl)ccc2o1. The van der Waals surface area contributed by atoms with Gasteiger partial charge in [0.05, 0.1) is 0 Å². The van der Waals surface area contributed by atoms with E-state index in [4.69, 9.17) is 16.0 Å². The lowest BCUT2D eigenvalue weighted by atomic mass is 10.2. The third-order valence-electron chi connectivity index (χ3n) is 1.69. The van der Waals surface area contributed by atoms with Gasteiger partial charge in [-0.3, -0.25) is 0 Å². The van der Waals surface area contributed by atoms with Crippen LogP contribution in [0.3, 0.4) is 0 Å². The summed E-state index contributed by atoms with van der Waals surface area (Å²) in [6.45, 7) is 0. The predicted molar refractivity (Wildman–Crippen MR) is 53.9 cm³/mol. The molecule has 0 unspecified atom stereocenters. The third kappa shape index (κ3) is 1.32. The summed E-state index contributed by atoms with van der Waals surface area (Å²) in [4.78, 5) is 0. The minimum absolute atomic E-state index is 0.617. The Kier molecular flexibility index (Phi) is 2.03. The number of hydrogen-bond acceptors (Lipinski definition) is 2. The molecule has 1 heterocycles. The molecule has 0 atom stereocenters. The van der Waals surface area contributed by atoms with E-state index in [1.165, 1.54) is 0 Å². The van der Waals surface area contributed by atoms with Gasteiger partial charge in [-0.2, -0.15) is 12.6 Å². The summed E-state index contributed by atoms with van der Waals surface area (Å²) in [5.41, 5.74) is 0.864. The van der Waals surface area contributed by atoms with Crippen LogP contribution in [0.15, 0.2) is 28.7 Å². The molecule has 0 aliphatic carbocycles. The van der Waals surface area contributed by atoms with Crippen LogP contribution in [0.1, 0.15) is 5.76 Å². The van der Waals surface area contributed by atoms with Gasteiger partial charge in [0.1, 0.15) is 11.3 Å². The number of benzene rings is 1. The van der Waals surface area contributed by atoms with Crippen LogP contribution < -0.4 is 0 Å². The van der Waals surface area contributed by atoms with Crippen LogP contribution in [0.25, 0.3) is 11.0 Å². The lowest BCUT2D eigenvalue weighted by molar-refractivity contribution is 0.574. The number of thiol groups is 1. The van der Waals surface area contributed by atoms with E-state index in [9.17, 15) is 0 Å². The van der Waals surface area contributed by atoms with E-state index in [-0.39, 0.29) is 0 Å². The lowest BCUT2D eigenvalue weighted by Crippen LogP contribution is -1.63. The van der Waals surface area contributed by atoms with E-state index < -0.39 is 0 Å². The maximum atomic E-state index is 5.81. The molecule has 0 amide bonds. The van der Waals surface area contributed by atoms with Crippen molar-refractivity contribution in [3.8, 4) is 0 Å². The van der Waals surface area contributed by atoms with Gasteiger partial charge in [0, 0.05) is 16.2 Å². The first-order valence-corrected chi connectivity index (χ1v) is 4.59. The van der Waals surface area contributed by atoms with E-state index in [2.05, 4.69) is 12.6 Å². The van der Waals surface area contributed by atoms with E-state index in [1.54, 1.807) is 0 Å². The molecule has 0 fully saturated rings. The monoisotopic (exact) mass is 198 g/mol. The summed E-state index contributed by atoms with van der Waals surface area (Å²) in [7, 11) is 0. The van der Waals surface area contributed by atoms with Gasteiger partial charge < -0.3 is 4.42 Å². The Bertz CT molecular complexity index is 408. The second kappa shape index (κ2) is 3.04. The Labute approximate surface area is 80.7 Å². The third-order valence-corrected chi connectivity index (χ3v) is 2.23.